The van der Waals surface area contributed by atoms with Crippen molar-refractivity contribution < 1.29 is 24.4 Å². The summed E-state index contributed by atoms with van der Waals surface area (Å²) < 4.78 is 16.2. The maximum absolute atomic E-state index is 10.1. The van der Waals surface area contributed by atoms with E-state index in [1.54, 1.807) is 0 Å². The van der Waals surface area contributed by atoms with E-state index in [1.165, 1.54) is 0 Å². The van der Waals surface area contributed by atoms with Crippen LogP contribution in [0.5, 0.6) is 11.5 Å². The van der Waals surface area contributed by atoms with Gasteiger partial charge in [-0.15, -0.1) is 0 Å². The summed E-state index contributed by atoms with van der Waals surface area (Å²) in [7, 11) is 0. The molecule has 1 aromatic rings. The highest BCUT2D eigenvalue weighted by molar-refractivity contribution is 5.44. The number of hydrogen-bond acceptors (Lipinski definition) is 7. The Labute approximate surface area is 142 Å². The van der Waals surface area contributed by atoms with E-state index >= 15 is 0 Å². The molecule has 0 aromatic heterocycles. The molecule has 1 saturated heterocycles. The first kappa shape index (κ1) is 17.4. The third-order valence-electron chi connectivity index (χ3n) is 4.37. The second-order valence-electron chi connectivity index (χ2n) is 6.22. The van der Waals surface area contributed by atoms with Crippen LogP contribution in [0, 0.1) is 0 Å². The van der Waals surface area contributed by atoms with Crippen LogP contribution in [0.1, 0.15) is 5.56 Å². The van der Waals surface area contributed by atoms with Crippen molar-refractivity contribution in [2.75, 3.05) is 59.3 Å². The Balaban J connectivity index is 1.33. The van der Waals surface area contributed by atoms with Gasteiger partial charge < -0.3 is 24.4 Å². The average Bonchev–Trinajstić information content (AvgIpc) is 3.05. The molecule has 3 rings (SSSR count). The van der Waals surface area contributed by atoms with Crippen molar-refractivity contribution >= 4 is 0 Å². The first-order valence-electron chi connectivity index (χ1n) is 8.44. The van der Waals surface area contributed by atoms with E-state index < -0.39 is 6.10 Å². The van der Waals surface area contributed by atoms with Crippen LogP contribution in [-0.4, -0.2) is 85.4 Å². The minimum absolute atomic E-state index is 0.205. The van der Waals surface area contributed by atoms with Crippen molar-refractivity contribution in [1.82, 2.24) is 9.80 Å². The molecule has 0 bridgehead atoms. The van der Waals surface area contributed by atoms with Crippen LogP contribution in [0.3, 0.4) is 0 Å². The highest BCUT2D eigenvalue weighted by Crippen LogP contribution is 2.32. The van der Waals surface area contributed by atoms with Crippen LogP contribution >= 0.6 is 0 Å². The van der Waals surface area contributed by atoms with E-state index in [2.05, 4.69) is 9.80 Å². The van der Waals surface area contributed by atoms with Gasteiger partial charge in [-0.25, -0.2) is 0 Å². The van der Waals surface area contributed by atoms with Crippen molar-refractivity contribution in [2.45, 2.75) is 12.7 Å². The molecule has 2 N–H and O–H groups in total. The lowest BCUT2D eigenvalue weighted by atomic mass is 10.2. The van der Waals surface area contributed by atoms with Crippen LogP contribution in [-0.2, 0) is 11.3 Å². The largest absolute Gasteiger partial charge is 0.454 e. The number of fused-ring (bicyclic) bond motifs is 1. The monoisotopic (exact) mass is 338 g/mol. The predicted molar refractivity (Wildman–Crippen MR) is 88.2 cm³/mol. The quantitative estimate of drug-likeness (QED) is 0.686. The Hall–Kier alpha value is -1.38. The second-order valence-corrected chi connectivity index (χ2v) is 6.22. The van der Waals surface area contributed by atoms with Crippen molar-refractivity contribution in [3.05, 3.63) is 23.8 Å². The van der Waals surface area contributed by atoms with E-state index in [9.17, 15) is 5.11 Å². The zero-order chi connectivity index (χ0) is 16.8. The number of hydrogen-bond donors (Lipinski definition) is 2. The van der Waals surface area contributed by atoms with Gasteiger partial charge in [0.05, 0.1) is 25.9 Å². The fraction of sp³-hybridized carbons (Fsp3) is 0.647. The normalized spacial score (nSPS) is 19.6. The third-order valence-corrected chi connectivity index (χ3v) is 4.37. The van der Waals surface area contributed by atoms with Gasteiger partial charge >= 0.3 is 0 Å². The van der Waals surface area contributed by atoms with Crippen LogP contribution < -0.4 is 9.47 Å². The number of rotatable bonds is 8. The van der Waals surface area contributed by atoms with Gasteiger partial charge in [-0.05, 0) is 17.7 Å². The Morgan fingerprint density at radius 2 is 1.83 bits per heavy atom. The number of piperazine rings is 1. The van der Waals surface area contributed by atoms with E-state index in [0.29, 0.717) is 19.8 Å². The van der Waals surface area contributed by atoms with Crippen LogP contribution in [0.2, 0.25) is 0 Å². The summed E-state index contributed by atoms with van der Waals surface area (Å²) >= 11 is 0. The highest BCUT2D eigenvalue weighted by Gasteiger charge is 2.19. The van der Waals surface area contributed by atoms with Crippen molar-refractivity contribution in [3.63, 3.8) is 0 Å². The van der Waals surface area contributed by atoms with Gasteiger partial charge in [-0.2, -0.15) is 0 Å². The van der Waals surface area contributed by atoms with E-state index in [-0.39, 0.29) is 13.4 Å². The van der Waals surface area contributed by atoms with Gasteiger partial charge in [0.1, 0.15) is 0 Å². The lowest BCUT2D eigenvalue weighted by Crippen LogP contribution is -2.49. The Bertz CT molecular complexity index is 520. The SMILES string of the molecule is OCCN1CCN(C[C@H](O)COCc2ccc3c(c2)OCO3)CC1. The molecular weight excluding hydrogens is 312 g/mol. The number of aliphatic hydroxyl groups excluding tert-OH is 2. The Kier molecular flexibility index (Phi) is 6.28. The van der Waals surface area contributed by atoms with Gasteiger partial charge in [0.2, 0.25) is 6.79 Å². The number of β-amino-alcohol motifs (C(OH)–C–C–N with tert-alkyl or cyclic N) is 2. The first-order chi connectivity index (χ1) is 11.7. The molecule has 0 radical (unpaired) electrons. The standard InChI is InChI=1S/C17H26N2O5/c20-8-7-18-3-5-19(6-4-18)10-15(21)12-22-11-14-1-2-16-17(9-14)24-13-23-16/h1-2,9,15,20-21H,3-8,10-13H2/t15-/m0/s1. The topological polar surface area (TPSA) is 74.6 Å². The summed E-state index contributed by atoms with van der Waals surface area (Å²) in [5.41, 5.74) is 1.00. The van der Waals surface area contributed by atoms with Crippen molar-refractivity contribution in [1.29, 1.82) is 0 Å². The van der Waals surface area contributed by atoms with Gasteiger partial charge in [0, 0.05) is 39.3 Å². The van der Waals surface area contributed by atoms with Crippen LogP contribution in [0.4, 0.5) is 0 Å². The number of benzene rings is 1. The zero-order valence-electron chi connectivity index (χ0n) is 13.9. The molecule has 0 spiro atoms. The molecule has 1 aromatic carbocycles. The summed E-state index contributed by atoms with van der Waals surface area (Å²) in [6.45, 7) is 6.28. The maximum atomic E-state index is 10.1. The second kappa shape index (κ2) is 8.64. The number of nitrogens with zero attached hydrogens (tertiary/aromatic N) is 2. The van der Waals surface area contributed by atoms with Crippen molar-refractivity contribution in [3.8, 4) is 11.5 Å². The summed E-state index contributed by atoms with van der Waals surface area (Å²) in [6, 6.07) is 5.73. The lowest BCUT2D eigenvalue weighted by molar-refractivity contribution is 0.000497. The molecule has 1 atom stereocenters. The number of aliphatic hydroxyl groups is 2. The molecule has 0 saturated carbocycles. The third kappa shape index (κ3) is 4.81. The smallest absolute Gasteiger partial charge is 0.231 e. The molecule has 1 fully saturated rings. The molecule has 134 valence electrons. The number of ether oxygens (including phenoxy) is 3. The summed E-state index contributed by atoms with van der Waals surface area (Å²) in [6.07, 6.45) is -0.497. The Morgan fingerprint density at radius 1 is 1.08 bits per heavy atom. The predicted octanol–water partition coefficient (Wildman–Crippen LogP) is -0.0973. The fourth-order valence-corrected chi connectivity index (χ4v) is 3.03. The van der Waals surface area contributed by atoms with Crippen LogP contribution in [0.25, 0.3) is 0 Å². The van der Waals surface area contributed by atoms with Gasteiger partial charge in [-0.3, -0.25) is 9.80 Å². The van der Waals surface area contributed by atoms with E-state index in [4.69, 9.17) is 19.3 Å². The molecule has 7 heteroatoms. The fourth-order valence-electron chi connectivity index (χ4n) is 3.03. The average molecular weight is 338 g/mol. The molecule has 2 aliphatic rings. The summed E-state index contributed by atoms with van der Waals surface area (Å²) in [5, 5.41) is 19.1. The highest BCUT2D eigenvalue weighted by atomic mass is 16.7. The van der Waals surface area contributed by atoms with Gasteiger partial charge in [0.15, 0.2) is 11.5 Å². The molecule has 2 aliphatic heterocycles. The minimum Gasteiger partial charge on any atom is -0.454 e. The van der Waals surface area contributed by atoms with Crippen molar-refractivity contribution in [2.24, 2.45) is 0 Å². The molecule has 2 heterocycles. The molecule has 7 nitrogen and oxygen atoms in total. The van der Waals surface area contributed by atoms with Gasteiger partial charge in [-0.1, -0.05) is 6.07 Å². The zero-order valence-corrected chi connectivity index (χ0v) is 13.9. The molecule has 0 amide bonds. The summed E-state index contributed by atoms with van der Waals surface area (Å²) in [5.74, 6) is 1.51. The minimum atomic E-state index is -0.497. The maximum Gasteiger partial charge on any atom is 0.231 e. The van der Waals surface area contributed by atoms with Gasteiger partial charge in [0.25, 0.3) is 0 Å². The van der Waals surface area contributed by atoms with E-state index in [0.717, 1.165) is 49.8 Å². The van der Waals surface area contributed by atoms with Crippen LogP contribution in [0.15, 0.2) is 18.2 Å². The molecule has 0 unspecified atom stereocenters. The first-order valence-corrected chi connectivity index (χ1v) is 8.44. The summed E-state index contributed by atoms with van der Waals surface area (Å²) in [4.78, 5) is 4.47. The van der Waals surface area contributed by atoms with E-state index in [1.807, 2.05) is 18.2 Å². The molecule has 0 aliphatic carbocycles. The molecule has 24 heavy (non-hydrogen) atoms. The Morgan fingerprint density at radius 3 is 2.62 bits per heavy atom. The lowest BCUT2D eigenvalue weighted by Gasteiger charge is -2.35. The molecular formula is C17H26N2O5.